The smallest absolute Gasteiger partial charge is 0.265 e. The Bertz CT molecular complexity index is 803. The van der Waals surface area contributed by atoms with Crippen LogP contribution < -0.4 is 19.5 Å². The third-order valence-corrected chi connectivity index (χ3v) is 3.39. The van der Waals surface area contributed by atoms with Gasteiger partial charge in [-0.1, -0.05) is 0 Å². The van der Waals surface area contributed by atoms with E-state index in [1.54, 1.807) is 0 Å². The Hall–Kier alpha value is -2.97. The van der Waals surface area contributed by atoms with Crippen LogP contribution in [-0.4, -0.2) is 26.2 Å². The van der Waals surface area contributed by atoms with Gasteiger partial charge < -0.3 is 19.5 Å². The van der Waals surface area contributed by atoms with Crippen molar-refractivity contribution in [3.8, 4) is 17.2 Å². The molecule has 2 rings (SSSR count). The molecule has 0 aliphatic heterocycles. The predicted octanol–water partition coefficient (Wildman–Crippen LogP) is 3.67. The normalized spacial score (nSPS) is 11.7. The molecule has 0 aliphatic carbocycles. The van der Waals surface area contributed by atoms with Crippen LogP contribution in [0.15, 0.2) is 24.3 Å². The topological polar surface area (TPSA) is 56.8 Å². The number of hydrogen-bond donors (Lipinski definition) is 1. The molecule has 0 fully saturated rings. The van der Waals surface area contributed by atoms with Crippen molar-refractivity contribution in [2.45, 2.75) is 13.0 Å². The lowest BCUT2D eigenvalue weighted by Gasteiger charge is -2.17. The van der Waals surface area contributed by atoms with E-state index in [1.165, 1.54) is 32.4 Å². The molecular weight excluding hydrogens is 358 g/mol. The minimum atomic E-state index is -1.73. The van der Waals surface area contributed by atoms with Crippen molar-refractivity contribution in [1.82, 2.24) is 0 Å². The second kappa shape index (κ2) is 7.94. The molecule has 1 atom stereocenters. The lowest BCUT2D eigenvalue weighted by Crippen LogP contribution is -2.31. The zero-order valence-corrected chi connectivity index (χ0v) is 14.0. The third kappa shape index (κ3) is 3.98. The highest BCUT2D eigenvalue weighted by Crippen LogP contribution is 2.30. The maximum Gasteiger partial charge on any atom is 0.265 e. The summed E-state index contributed by atoms with van der Waals surface area (Å²) in [6, 6.07) is 4.52. The Balaban J connectivity index is 2.16. The summed E-state index contributed by atoms with van der Waals surface area (Å²) in [5, 5.41) is 2.42. The van der Waals surface area contributed by atoms with Crippen molar-refractivity contribution in [3.63, 3.8) is 0 Å². The highest BCUT2D eigenvalue weighted by molar-refractivity contribution is 5.94. The van der Waals surface area contributed by atoms with Gasteiger partial charge in [0, 0.05) is 17.8 Å². The number of methoxy groups -OCH3 is 2. The van der Waals surface area contributed by atoms with Gasteiger partial charge in [-0.2, -0.15) is 8.78 Å². The fourth-order valence-corrected chi connectivity index (χ4v) is 2.04. The Labute approximate surface area is 146 Å². The number of carbonyl (C=O) groups excluding carboxylic acids is 1. The molecule has 1 unspecified atom stereocenters. The first-order valence-electron chi connectivity index (χ1n) is 7.31. The fourth-order valence-electron chi connectivity index (χ4n) is 2.04. The van der Waals surface area contributed by atoms with Gasteiger partial charge in [0.2, 0.25) is 11.6 Å². The van der Waals surface area contributed by atoms with E-state index < -0.39 is 41.0 Å². The molecule has 0 saturated carbocycles. The third-order valence-electron chi connectivity index (χ3n) is 3.39. The average molecular weight is 373 g/mol. The molecule has 0 radical (unpaired) electrons. The highest BCUT2D eigenvalue weighted by Gasteiger charge is 2.25. The molecule has 0 spiro atoms. The van der Waals surface area contributed by atoms with Crippen molar-refractivity contribution in [3.05, 3.63) is 47.5 Å². The van der Waals surface area contributed by atoms with E-state index in [0.29, 0.717) is 11.5 Å². The largest absolute Gasteiger partial charge is 0.493 e. The quantitative estimate of drug-likeness (QED) is 0.620. The van der Waals surface area contributed by atoms with Gasteiger partial charge in [0.25, 0.3) is 5.91 Å². The number of anilines is 1. The molecule has 9 heteroatoms. The lowest BCUT2D eigenvalue weighted by atomic mass is 10.2. The van der Waals surface area contributed by atoms with Crippen LogP contribution in [0, 0.1) is 23.3 Å². The summed E-state index contributed by atoms with van der Waals surface area (Å²) in [6.45, 7) is 1.16. The van der Waals surface area contributed by atoms with E-state index in [2.05, 4.69) is 5.32 Å². The molecular formula is C17H15F4NO4. The lowest BCUT2D eigenvalue weighted by molar-refractivity contribution is -0.122. The molecule has 0 aromatic heterocycles. The summed E-state index contributed by atoms with van der Waals surface area (Å²) in [7, 11) is 2.84. The van der Waals surface area contributed by atoms with E-state index in [1.807, 2.05) is 0 Å². The van der Waals surface area contributed by atoms with E-state index in [9.17, 15) is 22.4 Å². The Kier molecular flexibility index (Phi) is 5.91. The Morgan fingerprint density at radius 3 is 2.08 bits per heavy atom. The van der Waals surface area contributed by atoms with Gasteiger partial charge in [-0.05, 0) is 19.1 Å². The summed E-state index contributed by atoms with van der Waals surface area (Å²) in [5.41, 5.74) is 0.287. The molecule has 0 bridgehead atoms. The van der Waals surface area contributed by atoms with Crippen molar-refractivity contribution in [2.24, 2.45) is 0 Å². The maximum absolute atomic E-state index is 13.6. The zero-order chi connectivity index (χ0) is 19.4. The van der Waals surface area contributed by atoms with Gasteiger partial charge in [-0.3, -0.25) is 4.79 Å². The first-order valence-corrected chi connectivity index (χ1v) is 7.31. The number of hydrogen-bond acceptors (Lipinski definition) is 4. The van der Waals surface area contributed by atoms with Crippen LogP contribution in [0.5, 0.6) is 17.2 Å². The maximum atomic E-state index is 13.6. The zero-order valence-electron chi connectivity index (χ0n) is 14.0. The predicted molar refractivity (Wildman–Crippen MR) is 84.5 cm³/mol. The van der Waals surface area contributed by atoms with Crippen LogP contribution in [0.3, 0.4) is 0 Å². The minimum Gasteiger partial charge on any atom is -0.493 e. The van der Waals surface area contributed by atoms with E-state index in [-0.39, 0.29) is 11.8 Å². The van der Waals surface area contributed by atoms with Gasteiger partial charge in [0.05, 0.1) is 14.2 Å². The number of halogens is 4. The molecule has 2 aromatic rings. The average Bonchev–Trinajstić information content (AvgIpc) is 2.63. The minimum absolute atomic E-state index is 0.0475. The summed E-state index contributed by atoms with van der Waals surface area (Å²) < 4.78 is 68.5. The number of ether oxygens (including phenoxy) is 3. The van der Waals surface area contributed by atoms with Gasteiger partial charge in [-0.25, -0.2) is 8.78 Å². The summed E-state index contributed by atoms with van der Waals surface area (Å²) >= 11 is 0. The van der Waals surface area contributed by atoms with E-state index in [0.717, 1.165) is 6.92 Å². The number of benzene rings is 2. The van der Waals surface area contributed by atoms with Crippen molar-refractivity contribution in [2.75, 3.05) is 19.5 Å². The summed E-state index contributed by atoms with van der Waals surface area (Å²) in [5.74, 6) is -8.07. The molecule has 1 amide bonds. The standard InChI is InChI=1S/C17H15F4NO4/c1-8(26-16-14(20)10(18)7-11(19)15(16)21)17(23)22-9-4-5-12(24-2)13(6-9)25-3/h4-8H,1-3H3,(H,22,23). The van der Waals surface area contributed by atoms with Crippen LogP contribution >= 0.6 is 0 Å². The Morgan fingerprint density at radius 1 is 0.962 bits per heavy atom. The molecule has 26 heavy (non-hydrogen) atoms. The monoisotopic (exact) mass is 373 g/mol. The molecule has 0 heterocycles. The first kappa shape index (κ1) is 19.4. The molecule has 0 aliphatic rings. The van der Waals surface area contributed by atoms with E-state index >= 15 is 0 Å². The second-order valence-electron chi connectivity index (χ2n) is 5.12. The molecule has 2 aromatic carbocycles. The van der Waals surface area contributed by atoms with Crippen molar-refractivity contribution >= 4 is 11.6 Å². The van der Waals surface area contributed by atoms with Gasteiger partial charge in [0.1, 0.15) is 0 Å². The van der Waals surface area contributed by atoms with Gasteiger partial charge in [-0.15, -0.1) is 0 Å². The van der Waals surface area contributed by atoms with Crippen LogP contribution in [0.4, 0.5) is 23.2 Å². The first-order chi connectivity index (χ1) is 12.3. The number of carbonyl (C=O) groups is 1. The van der Waals surface area contributed by atoms with Crippen LogP contribution in [0.25, 0.3) is 0 Å². The van der Waals surface area contributed by atoms with Crippen molar-refractivity contribution in [1.29, 1.82) is 0 Å². The number of nitrogens with one attached hydrogen (secondary N) is 1. The van der Waals surface area contributed by atoms with Crippen LogP contribution in [0.1, 0.15) is 6.92 Å². The SMILES string of the molecule is COc1ccc(NC(=O)C(C)Oc2c(F)c(F)cc(F)c2F)cc1OC. The second-order valence-corrected chi connectivity index (χ2v) is 5.12. The summed E-state index contributed by atoms with van der Waals surface area (Å²) in [4.78, 5) is 12.1. The fraction of sp³-hybridized carbons (Fsp3) is 0.235. The van der Waals surface area contributed by atoms with Gasteiger partial charge >= 0.3 is 0 Å². The molecule has 5 nitrogen and oxygen atoms in total. The molecule has 1 N–H and O–H groups in total. The van der Waals surface area contributed by atoms with Crippen LogP contribution in [0.2, 0.25) is 0 Å². The van der Waals surface area contributed by atoms with Crippen molar-refractivity contribution < 1.29 is 36.6 Å². The van der Waals surface area contributed by atoms with Crippen LogP contribution in [-0.2, 0) is 4.79 Å². The highest BCUT2D eigenvalue weighted by atomic mass is 19.2. The summed E-state index contributed by atoms with van der Waals surface area (Å²) in [6.07, 6.45) is -1.45. The number of rotatable bonds is 6. The molecule has 0 saturated heterocycles. The Morgan fingerprint density at radius 2 is 1.54 bits per heavy atom. The number of amides is 1. The van der Waals surface area contributed by atoms with Gasteiger partial charge in [0.15, 0.2) is 35.0 Å². The van der Waals surface area contributed by atoms with E-state index in [4.69, 9.17) is 14.2 Å². The molecule has 140 valence electrons.